The van der Waals surface area contributed by atoms with Crippen LogP contribution in [-0.2, 0) is 16.0 Å². The van der Waals surface area contributed by atoms with E-state index >= 15 is 0 Å². The Morgan fingerprint density at radius 2 is 1.90 bits per heavy atom. The lowest BCUT2D eigenvalue weighted by atomic mass is 9.99. The number of urea groups is 1. The molecule has 0 spiro atoms. The minimum absolute atomic E-state index is 0.00428. The summed E-state index contributed by atoms with van der Waals surface area (Å²) in [6.07, 6.45) is 1.59. The lowest BCUT2D eigenvalue weighted by Gasteiger charge is -2.22. The number of aryl methyl sites for hydroxylation is 1. The summed E-state index contributed by atoms with van der Waals surface area (Å²) in [6.45, 7) is 5.89. The Hall–Kier alpha value is -2.04. The maximum absolute atomic E-state index is 12.1. The molecule has 2 atom stereocenters. The van der Waals surface area contributed by atoms with Crippen LogP contribution in [-0.4, -0.2) is 25.2 Å². The van der Waals surface area contributed by atoms with E-state index < -0.39 is 18.0 Å². The normalized spacial score (nSPS) is 13.1. The predicted octanol–water partition coefficient (Wildman–Crippen LogP) is 2.96. The summed E-state index contributed by atoms with van der Waals surface area (Å²) in [5.74, 6) is -0.423. The molecule has 0 aliphatic carbocycles. The highest BCUT2D eigenvalue weighted by Crippen LogP contribution is 2.16. The average Bonchev–Trinajstić information content (AvgIpc) is 2.51. The van der Waals surface area contributed by atoms with Gasteiger partial charge < -0.3 is 15.4 Å². The SMILES string of the molecule is CCc1ccccc1NC(=O)NC(C(=O)OC)C(C)CC. The van der Waals surface area contributed by atoms with Gasteiger partial charge in [-0.05, 0) is 24.0 Å². The number of benzene rings is 1. The van der Waals surface area contributed by atoms with Gasteiger partial charge in [0.15, 0.2) is 0 Å². The number of para-hydroxylation sites is 1. The van der Waals surface area contributed by atoms with Gasteiger partial charge in [-0.15, -0.1) is 0 Å². The molecule has 0 fully saturated rings. The first-order chi connectivity index (χ1) is 10.0. The summed E-state index contributed by atoms with van der Waals surface area (Å²) >= 11 is 0. The highest BCUT2D eigenvalue weighted by Gasteiger charge is 2.26. The number of amides is 2. The van der Waals surface area contributed by atoms with E-state index in [1.54, 1.807) is 0 Å². The molecule has 0 aliphatic heterocycles. The first-order valence-corrected chi connectivity index (χ1v) is 7.26. The first-order valence-electron chi connectivity index (χ1n) is 7.26. The van der Waals surface area contributed by atoms with Crippen LogP contribution in [0.2, 0.25) is 0 Å². The number of rotatable bonds is 6. The molecular formula is C16H24N2O3. The molecule has 1 aromatic rings. The van der Waals surface area contributed by atoms with E-state index in [1.807, 2.05) is 45.0 Å². The maximum atomic E-state index is 12.1. The molecule has 5 nitrogen and oxygen atoms in total. The van der Waals surface area contributed by atoms with E-state index in [4.69, 9.17) is 4.74 Å². The Balaban J connectivity index is 2.76. The number of nitrogens with one attached hydrogen (secondary N) is 2. The van der Waals surface area contributed by atoms with Gasteiger partial charge in [0.05, 0.1) is 7.11 Å². The Bertz CT molecular complexity index is 488. The summed E-state index contributed by atoms with van der Waals surface area (Å²) in [5.41, 5.74) is 1.80. The van der Waals surface area contributed by atoms with Gasteiger partial charge in [0, 0.05) is 5.69 Å². The van der Waals surface area contributed by atoms with Crippen molar-refractivity contribution in [3.8, 4) is 0 Å². The molecule has 0 bridgehead atoms. The number of esters is 1. The van der Waals surface area contributed by atoms with Gasteiger partial charge in [-0.2, -0.15) is 0 Å². The molecule has 0 heterocycles. The van der Waals surface area contributed by atoms with Crippen LogP contribution in [0.4, 0.5) is 10.5 Å². The number of hydrogen-bond acceptors (Lipinski definition) is 3. The number of methoxy groups -OCH3 is 1. The van der Waals surface area contributed by atoms with Gasteiger partial charge >= 0.3 is 12.0 Å². The molecule has 2 amide bonds. The Morgan fingerprint density at radius 1 is 1.24 bits per heavy atom. The van der Waals surface area contributed by atoms with Crippen molar-refractivity contribution >= 4 is 17.7 Å². The van der Waals surface area contributed by atoms with Crippen molar-refractivity contribution in [1.82, 2.24) is 5.32 Å². The minimum Gasteiger partial charge on any atom is -0.467 e. The molecule has 1 aromatic carbocycles. The second-order valence-electron chi connectivity index (χ2n) is 5.00. The van der Waals surface area contributed by atoms with Crippen LogP contribution in [0.25, 0.3) is 0 Å². The third kappa shape index (κ3) is 4.77. The van der Waals surface area contributed by atoms with E-state index in [0.717, 1.165) is 24.1 Å². The van der Waals surface area contributed by atoms with Crippen LogP contribution < -0.4 is 10.6 Å². The van der Waals surface area contributed by atoms with Crippen molar-refractivity contribution in [2.24, 2.45) is 5.92 Å². The fourth-order valence-corrected chi connectivity index (χ4v) is 2.05. The average molecular weight is 292 g/mol. The predicted molar refractivity (Wildman–Crippen MR) is 83.2 cm³/mol. The molecule has 0 radical (unpaired) electrons. The van der Waals surface area contributed by atoms with E-state index in [1.165, 1.54) is 7.11 Å². The number of anilines is 1. The largest absolute Gasteiger partial charge is 0.467 e. The van der Waals surface area contributed by atoms with Gasteiger partial charge in [0.2, 0.25) is 0 Å². The van der Waals surface area contributed by atoms with Crippen molar-refractivity contribution in [2.75, 3.05) is 12.4 Å². The summed E-state index contributed by atoms with van der Waals surface area (Å²) in [4.78, 5) is 23.9. The van der Waals surface area contributed by atoms with E-state index in [-0.39, 0.29) is 5.92 Å². The van der Waals surface area contributed by atoms with Crippen LogP contribution in [0.3, 0.4) is 0 Å². The van der Waals surface area contributed by atoms with E-state index in [9.17, 15) is 9.59 Å². The monoisotopic (exact) mass is 292 g/mol. The fourth-order valence-electron chi connectivity index (χ4n) is 2.05. The molecule has 2 N–H and O–H groups in total. The molecule has 0 saturated carbocycles. The van der Waals surface area contributed by atoms with Gasteiger partial charge in [0.1, 0.15) is 6.04 Å². The highest BCUT2D eigenvalue weighted by molar-refractivity contribution is 5.93. The summed E-state index contributed by atoms with van der Waals surface area (Å²) in [7, 11) is 1.32. The van der Waals surface area contributed by atoms with Gasteiger partial charge in [-0.3, -0.25) is 0 Å². The molecule has 116 valence electrons. The quantitative estimate of drug-likeness (QED) is 0.792. The van der Waals surface area contributed by atoms with Crippen LogP contribution in [0.15, 0.2) is 24.3 Å². The van der Waals surface area contributed by atoms with Crippen molar-refractivity contribution in [3.63, 3.8) is 0 Å². The molecule has 2 unspecified atom stereocenters. The van der Waals surface area contributed by atoms with Gasteiger partial charge in [-0.25, -0.2) is 9.59 Å². The smallest absolute Gasteiger partial charge is 0.328 e. The Morgan fingerprint density at radius 3 is 2.48 bits per heavy atom. The van der Waals surface area contributed by atoms with Crippen molar-refractivity contribution in [2.45, 2.75) is 39.7 Å². The first kappa shape index (κ1) is 17.0. The zero-order valence-electron chi connectivity index (χ0n) is 13.1. The molecule has 1 rings (SSSR count). The maximum Gasteiger partial charge on any atom is 0.328 e. The lowest BCUT2D eigenvalue weighted by Crippen LogP contribution is -2.47. The standard InChI is InChI=1S/C16H24N2O3/c1-5-11(3)14(15(19)21-4)18-16(20)17-13-10-8-7-9-12(13)6-2/h7-11,14H,5-6H2,1-4H3,(H2,17,18,20). The second-order valence-corrected chi connectivity index (χ2v) is 5.00. The summed E-state index contributed by atoms with van der Waals surface area (Å²) in [6, 6.07) is 6.55. The number of hydrogen-bond donors (Lipinski definition) is 2. The van der Waals surface area contributed by atoms with Crippen molar-refractivity contribution in [1.29, 1.82) is 0 Å². The fraction of sp³-hybridized carbons (Fsp3) is 0.500. The topological polar surface area (TPSA) is 67.4 Å². The lowest BCUT2D eigenvalue weighted by molar-refractivity contribution is -0.144. The van der Waals surface area contributed by atoms with Crippen LogP contribution >= 0.6 is 0 Å². The highest BCUT2D eigenvalue weighted by atomic mass is 16.5. The zero-order chi connectivity index (χ0) is 15.8. The third-order valence-electron chi connectivity index (χ3n) is 3.60. The third-order valence-corrected chi connectivity index (χ3v) is 3.60. The number of ether oxygens (including phenoxy) is 1. The van der Waals surface area contributed by atoms with Gasteiger partial charge in [-0.1, -0.05) is 45.4 Å². The van der Waals surface area contributed by atoms with Crippen LogP contribution in [0.1, 0.15) is 32.8 Å². The van der Waals surface area contributed by atoms with E-state index in [0.29, 0.717) is 0 Å². The number of carbonyl (C=O) groups excluding carboxylic acids is 2. The van der Waals surface area contributed by atoms with Crippen molar-refractivity contribution < 1.29 is 14.3 Å². The zero-order valence-corrected chi connectivity index (χ0v) is 13.1. The molecule has 0 aliphatic rings. The van der Waals surface area contributed by atoms with Crippen LogP contribution in [0.5, 0.6) is 0 Å². The molecule has 0 aromatic heterocycles. The minimum atomic E-state index is -0.645. The van der Waals surface area contributed by atoms with E-state index in [2.05, 4.69) is 10.6 Å². The van der Waals surface area contributed by atoms with Gasteiger partial charge in [0.25, 0.3) is 0 Å². The second kappa shape index (κ2) is 8.29. The summed E-state index contributed by atoms with van der Waals surface area (Å²) < 4.78 is 4.75. The molecule has 5 heteroatoms. The Labute approximate surface area is 126 Å². The van der Waals surface area contributed by atoms with Crippen LogP contribution in [0, 0.1) is 5.92 Å². The molecule has 0 saturated heterocycles. The molecule has 21 heavy (non-hydrogen) atoms. The molecular weight excluding hydrogens is 268 g/mol. The summed E-state index contributed by atoms with van der Waals surface area (Å²) in [5, 5.41) is 5.49. The number of carbonyl (C=O) groups is 2. The van der Waals surface area contributed by atoms with Crippen molar-refractivity contribution in [3.05, 3.63) is 29.8 Å². The Kier molecular flexibility index (Phi) is 6.72.